The van der Waals surface area contributed by atoms with Gasteiger partial charge in [0.1, 0.15) is 0 Å². The number of nitrogens with one attached hydrogen (secondary N) is 1. The molecule has 2 aliphatic rings. The summed E-state index contributed by atoms with van der Waals surface area (Å²) in [5.74, 6) is -0.0769. The number of hydrogen-bond donors (Lipinski definition) is 2. The van der Waals surface area contributed by atoms with Gasteiger partial charge in [-0.3, -0.25) is 4.79 Å². The summed E-state index contributed by atoms with van der Waals surface area (Å²) < 4.78 is 0. The third-order valence-corrected chi connectivity index (χ3v) is 6.99. The van der Waals surface area contributed by atoms with Crippen LogP contribution in [-0.4, -0.2) is 23.0 Å². The first-order valence-corrected chi connectivity index (χ1v) is 11.5. The van der Waals surface area contributed by atoms with Crippen LogP contribution in [0.25, 0.3) is 11.1 Å². The lowest BCUT2D eigenvalue weighted by molar-refractivity contribution is -0.117. The summed E-state index contributed by atoms with van der Waals surface area (Å²) in [6.07, 6.45) is 2.33. The molecule has 1 fully saturated rings. The molecule has 5 rings (SSSR count). The van der Waals surface area contributed by atoms with Crippen LogP contribution in [-0.2, 0) is 4.79 Å². The largest absolute Gasteiger partial charge is 0.478 e. The molecular formula is C28H28N2O3. The molecule has 33 heavy (non-hydrogen) atoms. The number of amides is 1. The number of carbonyl (C=O) groups excluding carboxylic acids is 1. The maximum absolute atomic E-state index is 12.8. The molecule has 1 amide bonds. The Hall–Kier alpha value is -3.60. The predicted molar refractivity (Wildman–Crippen MR) is 130 cm³/mol. The van der Waals surface area contributed by atoms with E-state index in [2.05, 4.69) is 36.5 Å². The van der Waals surface area contributed by atoms with Gasteiger partial charge < -0.3 is 15.3 Å². The third kappa shape index (κ3) is 3.99. The van der Waals surface area contributed by atoms with Crippen LogP contribution in [0.3, 0.4) is 0 Å². The van der Waals surface area contributed by atoms with E-state index in [1.807, 2.05) is 41.3 Å². The first-order valence-electron chi connectivity index (χ1n) is 11.5. The first kappa shape index (κ1) is 21.3. The molecule has 5 heteroatoms. The number of carboxylic acids is 1. The van der Waals surface area contributed by atoms with Crippen molar-refractivity contribution in [3.05, 3.63) is 83.9 Å². The molecule has 3 aromatic rings. The number of rotatable bonds is 5. The molecule has 0 spiro atoms. The lowest BCUT2D eigenvalue weighted by atomic mass is 9.79. The van der Waals surface area contributed by atoms with Gasteiger partial charge in [0, 0.05) is 30.3 Å². The van der Waals surface area contributed by atoms with E-state index in [0.717, 1.165) is 28.1 Å². The number of carbonyl (C=O) groups is 2. The van der Waals surface area contributed by atoms with Crippen LogP contribution in [0.1, 0.15) is 48.7 Å². The first-order chi connectivity index (χ1) is 15.9. The molecule has 3 aromatic carbocycles. The standard InChI is InChI=1S/C28H28N2O3/c1-17-26(29-23-6-4-3-5-7-23)24-16-22(19-8-12-21(13-9-19)28(32)33)14-15-25(24)30(18(2)31)27(17)20-10-11-20/h3-9,12-17,20,26-27,29H,10-11H2,1-2H3,(H,32,33)/t17-,26-,27?/m1/s1. The van der Waals surface area contributed by atoms with Gasteiger partial charge in [0.2, 0.25) is 5.91 Å². The smallest absolute Gasteiger partial charge is 0.335 e. The summed E-state index contributed by atoms with van der Waals surface area (Å²) in [4.78, 5) is 26.1. The fourth-order valence-corrected chi connectivity index (χ4v) is 5.26. The van der Waals surface area contributed by atoms with E-state index in [1.165, 1.54) is 12.8 Å². The van der Waals surface area contributed by atoms with Crippen molar-refractivity contribution in [2.45, 2.75) is 38.8 Å². The third-order valence-electron chi connectivity index (χ3n) is 6.99. The molecule has 3 atom stereocenters. The monoisotopic (exact) mass is 440 g/mol. The van der Waals surface area contributed by atoms with Crippen molar-refractivity contribution in [2.24, 2.45) is 11.8 Å². The normalized spacial score (nSPS) is 21.9. The highest BCUT2D eigenvalue weighted by atomic mass is 16.4. The van der Waals surface area contributed by atoms with Crippen LogP contribution in [0.2, 0.25) is 0 Å². The molecule has 1 saturated carbocycles. The number of anilines is 2. The van der Waals surface area contributed by atoms with Crippen LogP contribution >= 0.6 is 0 Å². The summed E-state index contributed by atoms with van der Waals surface area (Å²) in [5, 5.41) is 13.0. The quantitative estimate of drug-likeness (QED) is 0.512. The van der Waals surface area contributed by atoms with Gasteiger partial charge in [0.15, 0.2) is 0 Å². The minimum absolute atomic E-state index is 0.0573. The van der Waals surface area contributed by atoms with Crippen molar-refractivity contribution >= 4 is 23.3 Å². The van der Waals surface area contributed by atoms with E-state index in [9.17, 15) is 14.7 Å². The molecule has 0 aromatic heterocycles. The van der Waals surface area contributed by atoms with Gasteiger partial charge in [-0.1, -0.05) is 43.3 Å². The second kappa shape index (κ2) is 8.39. The molecular weight excluding hydrogens is 412 g/mol. The zero-order valence-electron chi connectivity index (χ0n) is 18.9. The molecule has 1 unspecified atom stereocenters. The van der Waals surface area contributed by atoms with Crippen LogP contribution in [0.15, 0.2) is 72.8 Å². The molecule has 0 radical (unpaired) electrons. The van der Waals surface area contributed by atoms with Gasteiger partial charge in [0.25, 0.3) is 0 Å². The number of para-hydroxylation sites is 1. The highest BCUT2D eigenvalue weighted by Gasteiger charge is 2.47. The van der Waals surface area contributed by atoms with Gasteiger partial charge in [-0.05, 0) is 71.8 Å². The van der Waals surface area contributed by atoms with Crippen molar-refractivity contribution in [3.8, 4) is 11.1 Å². The van der Waals surface area contributed by atoms with E-state index < -0.39 is 5.97 Å². The number of benzene rings is 3. The zero-order valence-corrected chi connectivity index (χ0v) is 18.9. The fraction of sp³-hybridized carbons (Fsp3) is 0.286. The Morgan fingerprint density at radius 1 is 0.939 bits per heavy atom. The second-order valence-electron chi connectivity index (χ2n) is 9.22. The van der Waals surface area contributed by atoms with Gasteiger partial charge in [-0.2, -0.15) is 0 Å². The van der Waals surface area contributed by atoms with Crippen LogP contribution in [0, 0.1) is 11.8 Å². The van der Waals surface area contributed by atoms with Gasteiger partial charge in [-0.25, -0.2) is 4.79 Å². The van der Waals surface area contributed by atoms with Gasteiger partial charge in [0.05, 0.1) is 11.6 Å². The van der Waals surface area contributed by atoms with Gasteiger partial charge >= 0.3 is 5.97 Å². The Morgan fingerprint density at radius 2 is 1.61 bits per heavy atom. The molecule has 1 heterocycles. The van der Waals surface area contributed by atoms with Crippen molar-refractivity contribution in [3.63, 3.8) is 0 Å². The zero-order chi connectivity index (χ0) is 23.1. The van der Waals surface area contributed by atoms with E-state index in [4.69, 9.17) is 0 Å². The van der Waals surface area contributed by atoms with E-state index in [0.29, 0.717) is 5.92 Å². The van der Waals surface area contributed by atoms with Crippen LogP contribution < -0.4 is 10.2 Å². The molecule has 1 aliphatic heterocycles. The summed E-state index contributed by atoms with van der Waals surface area (Å²) in [5.41, 5.74) is 5.35. The minimum Gasteiger partial charge on any atom is -0.478 e. The summed E-state index contributed by atoms with van der Waals surface area (Å²) in [7, 11) is 0. The molecule has 1 aliphatic carbocycles. The van der Waals surface area contributed by atoms with Crippen LogP contribution in [0.5, 0.6) is 0 Å². The van der Waals surface area contributed by atoms with Crippen molar-refractivity contribution in [1.29, 1.82) is 0 Å². The number of hydrogen-bond acceptors (Lipinski definition) is 3. The maximum atomic E-state index is 12.8. The Balaban J connectivity index is 1.61. The lowest BCUT2D eigenvalue weighted by Crippen LogP contribution is -2.51. The highest BCUT2D eigenvalue weighted by Crippen LogP contribution is 2.50. The highest BCUT2D eigenvalue weighted by molar-refractivity contribution is 5.95. The van der Waals surface area contributed by atoms with E-state index in [1.54, 1.807) is 19.1 Å². The summed E-state index contributed by atoms with van der Waals surface area (Å²) in [6, 6.07) is 23.6. The van der Waals surface area contributed by atoms with Crippen molar-refractivity contribution in [1.82, 2.24) is 0 Å². The summed E-state index contributed by atoms with van der Waals surface area (Å²) in [6.45, 7) is 3.91. The van der Waals surface area contributed by atoms with E-state index in [-0.39, 0.29) is 29.5 Å². The molecule has 5 nitrogen and oxygen atoms in total. The number of nitrogens with zero attached hydrogens (tertiary/aromatic N) is 1. The van der Waals surface area contributed by atoms with Gasteiger partial charge in [-0.15, -0.1) is 0 Å². The maximum Gasteiger partial charge on any atom is 0.335 e. The lowest BCUT2D eigenvalue weighted by Gasteiger charge is -2.46. The molecule has 0 saturated heterocycles. The number of carboxylic acid groups (broad SMARTS) is 1. The van der Waals surface area contributed by atoms with E-state index >= 15 is 0 Å². The second-order valence-corrected chi connectivity index (χ2v) is 9.22. The topological polar surface area (TPSA) is 69.6 Å². The van der Waals surface area contributed by atoms with Crippen molar-refractivity contribution < 1.29 is 14.7 Å². The summed E-state index contributed by atoms with van der Waals surface area (Å²) >= 11 is 0. The number of aromatic carboxylic acids is 1. The predicted octanol–water partition coefficient (Wildman–Crippen LogP) is 5.99. The average molecular weight is 441 g/mol. The SMILES string of the molecule is CC(=O)N1c2ccc(-c3ccc(C(=O)O)cc3)cc2[C@H](Nc2ccccc2)[C@@H](C)C1C1CC1. The fourth-order valence-electron chi connectivity index (χ4n) is 5.26. The molecule has 0 bridgehead atoms. The molecule has 2 N–H and O–H groups in total. The van der Waals surface area contributed by atoms with Crippen LogP contribution in [0.4, 0.5) is 11.4 Å². The Kier molecular flexibility index (Phi) is 5.41. The Morgan fingerprint density at radius 3 is 2.21 bits per heavy atom. The van der Waals surface area contributed by atoms with Crippen molar-refractivity contribution in [2.75, 3.05) is 10.2 Å². The Bertz CT molecular complexity index is 1190. The Labute approximate surface area is 194 Å². The number of fused-ring (bicyclic) bond motifs is 1. The average Bonchev–Trinajstić information content (AvgIpc) is 3.66. The molecule has 168 valence electrons. The minimum atomic E-state index is -0.934.